The number of aryl methyl sites for hydroxylation is 1. The van der Waals surface area contributed by atoms with Gasteiger partial charge in [-0.05, 0) is 30.2 Å². The van der Waals surface area contributed by atoms with Crippen molar-refractivity contribution in [1.82, 2.24) is 14.7 Å². The summed E-state index contributed by atoms with van der Waals surface area (Å²) in [6, 6.07) is 9.90. The van der Waals surface area contributed by atoms with Gasteiger partial charge in [0.05, 0.1) is 25.8 Å². The standard InChI is InChI=1S/C18H24N4O2/c1-2-15-5-3-6-16(11-15)20-18(23)14-21-9-10-24-17(12-21)13-22-8-4-7-19-22/h3-8,11,17H,2,9-10,12-14H2,1H3,(H,20,23). The minimum Gasteiger partial charge on any atom is -0.374 e. The monoisotopic (exact) mass is 328 g/mol. The number of nitrogens with one attached hydrogen (secondary N) is 1. The Balaban J connectivity index is 1.50. The van der Waals surface area contributed by atoms with Crippen LogP contribution in [-0.2, 0) is 22.5 Å². The van der Waals surface area contributed by atoms with Gasteiger partial charge >= 0.3 is 0 Å². The predicted octanol–water partition coefficient (Wildman–Crippen LogP) is 1.78. The maximum atomic E-state index is 12.3. The molecule has 1 atom stereocenters. The summed E-state index contributed by atoms with van der Waals surface area (Å²) >= 11 is 0. The van der Waals surface area contributed by atoms with Crippen molar-refractivity contribution in [3.63, 3.8) is 0 Å². The summed E-state index contributed by atoms with van der Waals surface area (Å²) in [5, 5.41) is 7.19. The van der Waals surface area contributed by atoms with Gasteiger partial charge in [0.2, 0.25) is 5.91 Å². The van der Waals surface area contributed by atoms with Crippen LogP contribution >= 0.6 is 0 Å². The number of hydrogen-bond acceptors (Lipinski definition) is 4. The number of nitrogens with zero attached hydrogens (tertiary/aromatic N) is 3. The number of anilines is 1. The highest BCUT2D eigenvalue weighted by Gasteiger charge is 2.22. The van der Waals surface area contributed by atoms with E-state index in [0.717, 1.165) is 25.2 Å². The smallest absolute Gasteiger partial charge is 0.238 e. The van der Waals surface area contributed by atoms with Gasteiger partial charge in [-0.2, -0.15) is 5.10 Å². The molecule has 6 heteroatoms. The molecule has 1 saturated heterocycles. The molecular weight excluding hydrogens is 304 g/mol. The normalized spacial score (nSPS) is 18.5. The molecule has 0 saturated carbocycles. The number of hydrogen-bond donors (Lipinski definition) is 1. The lowest BCUT2D eigenvalue weighted by Gasteiger charge is -2.32. The first kappa shape index (κ1) is 16.7. The van der Waals surface area contributed by atoms with Crippen LogP contribution in [0.25, 0.3) is 0 Å². The largest absolute Gasteiger partial charge is 0.374 e. The van der Waals surface area contributed by atoms with Crippen LogP contribution < -0.4 is 5.32 Å². The van der Waals surface area contributed by atoms with E-state index < -0.39 is 0 Å². The second-order valence-electron chi connectivity index (χ2n) is 6.06. The molecule has 0 radical (unpaired) electrons. The molecule has 1 aromatic carbocycles. The Morgan fingerprint density at radius 1 is 1.42 bits per heavy atom. The molecule has 1 unspecified atom stereocenters. The Kier molecular flexibility index (Phi) is 5.61. The second kappa shape index (κ2) is 8.08. The van der Waals surface area contributed by atoms with E-state index in [1.807, 2.05) is 35.1 Å². The van der Waals surface area contributed by atoms with E-state index in [9.17, 15) is 4.79 Å². The van der Waals surface area contributed by atoms with Crippen LogP contribution in [0.3, 0.4) is 0 Å². The molecule has 0 bridgehead atoms. The van der Waals surface area contributed by atoms with Gasteiger partial charge in [0.25, 0.3) is 0 Å². The topological polar surface area (TPSA) is 59.4 Å². The van der Waals surface area contributed by atoms with Crippen molar-refractivity contribution in [3.8, 4) is 0 Å². The van der Waals surface area contributed by atoms with E-state index in [2.05, 4.69) is 28.3 Å². The fraction of sp³-hybridized carbons (Fsp3) is 0.444. The predicted molar refractivity (Wildman–Crippen MR) is 92.9 cm³/mol. The minimum atomic E-state index is 0.0167. The van der Waals surface area contributed by atoms with E-state index in [1.54, 1.807) is 6.20 Å². The summed E-state index contributed by atoms with van der Waals surface area (Å²) in [6.45, 7) is 5.36. The molecule has 1 aliphatic rings. The van der Waals surface area contributed by atoms with Gasteiger partial charge in [0.15, 0.2) is 0 Å². The van der Waals surface area contributed by atoms with E-state index in [0.29, 0.717) is 19.7 Å². The summed E-state index contributed by atoms with van der Waals surface area (Å²) in [5.74, 6) is 0.0167. The summed E-state index contributed by atoms with van der Waals surface area (Å²) < 4.78 is 7.64. The molecule has 1 amide bonds. The van der Waals surface area contributed by atoms with Crippen LogP contribution in [0.15, 0.2) is 42.7 Å². The number of benzene rings is 1. The quantitative estimate of drug-likeness (QED) is 0.878. The van der Waals surface area contributed by atoms with E-state index in [4.69, 9.17) is 4.74 Å². The molecule has 1 N–H and O–H groups in total. The molecule has 2 heterocycles. The number of amides is 1. The molecule has 128 valence electrons. The lowest BCUT2D eigenvalue weighted by Crippen LogP contribution is -2.47. The van der Waals surface area contributed by atoms with Crippen molar-refractivity contribution in [2.75, 3.05) is 31.6 Å². The molecule has 2 aromatic rings. The van der Waals surface area contributed by atoms with Gasteiger partial charge in [-0.25, -0.2) is 0 Å². The third-order valence-corrected chi connectivity index (χ3v) is 4.16. The average molecular weight is 328 g/mol. The van der Waals surface area contributed by atoms with Crippen molar-refractivity contribution >= 4 is 11.6 Å². The van der Waals surface area contributed by atoms with E-state index in [1.165, 1.54) is 5.56 Å². The first-order valence-electron chi connectivity index (χ1n) is 8.43. The van der Waals surface area contributed by atoms with E-state index >= 15 is 0 Å². The van der Waals surface area contributed by atoms with Crippen LogP contribution in [-0.4, -0.2) is 52.9 Å². The van der Waals surface area contributed by atoms with Crippen LogP contribution in [0.5, 0.6) is 0 Å². The molecule has 1 aliphatic heterocycles. The maximum Gasteiger partial charge on any atom is 0.238 e. The fourth-order valence-corrected chi connectivity index (χ4v) is 2.92. The van der Waals surface area contributed by atoms with Crippen molar-refractivity contribution in [2.24, 2.45) is 0 Å². The molecule has 6 nitrogen and oxygen atoms in total. The Bertz CT molecular complexity index is 657. The van der Waals surface area contributed by atoms with Gasteiger partial charge in [0.1, 0.15) is 0 Å². The fourth-order valence-electron chi connectivity index (χ4n) is 2.92. The zero-order valence-corrected chi connectivity index (χ0v) is 14.0. The van der Waals surface area contributed by atoms with Crippen LogP contribution in [0.2, 0.25) is 0 Å². The van der Waals surface area contributed by atoms with Crippen molar-refractivity contribution in [1.29, 1.82) is 0 Å². The van der Waals surface area contributed by atoms with Gasteiger partial charge < -0.3 is 10.1 Å². The number of aromatic nitrogens is 2. The van der Waals surface area contributed by atoms with E-state index in [-0.39, 0.29) is 12.0 Å². The Morgan fingerprint density at radius 2 is 2.33 bits per heavy atom. The number of carbonyl (C=O) groups excluding carboxylic acids is 1. The molecule has 24 heavy (non-hydrogen) atoms. The zero-order chi connectivity index (χ0) is 16.8. The molecular formula is C18H24N4O2. The first-order valence-corrected chi connectivity index (χ1v) is 8.43. The Hall–Kier alpha value is -2.18. The summed E-state index contributed by atoms with van der Waals surface area (Å²) in [6.07, 6.45) is 4.71. The van der Waals surface area contributed by atoms with Crippen molar-refractivity contribution in [2.45, 2.75) is 26.0 Å². The summed E-state index contributed by atoms with van der Waals surface area (Å²) in [7, 11) is 0. The lowest BCUT2D eigenvalue weighted by molar-refractivity contribution is -0.119. The number of ether oxygens (including phenoxy) is 1. The minimum absolute atomic E-state index is 0.0167. The highest BCUT2D eigenvalue weighted by molar-refractivity contribution is 5.92. The highest BCUT2D eigenvalue weighted by atomic mass is 16.5. The third-order valence-electron chi connectivity index (χ3n) is 4.16. The summed E-state index contributed by atoms with van der Waals surface area (Å²) in [5.41, 5.74) is 2.08. The Labute approximate surface area is 142 Å². The number of carbonyl (C=O) groups is 1. The molecule has 1 aromatic heterocycles. The highest BCUT2D eigenvalue weighted by Crippen LogP contribution is 2.12. The average Bonchev–Trinajstić information content (AvgIpc) is 3.08. The number of rotatable bonds is 6. The molecule has 0 aliphatic carbocycles. The van der Waals surface area contributed by atoms with Crippen LogP contribution in [0.4, 0.5) is 5.69 Å². The SMILES string of the molecule is CCc1cccc(NC(=O)CN2CCOC(Cn3cccn3)C2)c1. The van der Waals surface area contributed by atoms with Crippen molar-refractivity contribution in [3.05, 3.63) is 48.3 Å². The lowest BCUT2D eigenvalue weighted by atomic mass is 10.1. The molecule has 1 fully saturated rings. The molecule has 0 spiro atoms. The van der Waals surface area contributed by atoms with Crippen LogP contribution in [0, 0.1) is 0 Å². The van der Waals surface area contributed by atoms with Gasteiger partial charge in [-0.3, -0.25) is 14.4 Å². The third kappa shape index (κ3) is 4.66. The summed E-state index contributed by atoms with van der Waals surface area (Å²) in [4.78, 5) is 14.4. The van der Waals surface area contributed by atoms with Gasteiger partial charge in [-0.15, -0.1) is 0 Å². The van der Waals surface area contributed by atoms with Gasteiger partial charge in [-0.1, -0.05) is 19.1 Å². The number of morpholine rings is 1. The van der Waals surface area contributed by atoms with Crippen LogP contribution in [0.1, 0.15) is 12.5 Å². The molecule has 3 rings (SSSR count). The zero-order valence-electron chi connectivity index (χ0n) is 14.0. The van der Waals surface area contributed by atoms with Crippen molar-refractivity contribution < 1.29 is 9.53 Å². The first-order chi connectivity index (χ1) is 11.7. The maximum absolute atomic E-state index is 12.3. The second-order valence-corrected chi connectivity index (χ2v) is 6.06. The van der Waals surface area contributed by atoms with Gasteiger partial charge in [0, 0.05) is 31.2 Å². The Morgan fingerprint density at radius 3 is 3.12 bits per heavy atom.